The zero-order valence-electron chi connectivity index (χ0n) is 8.21. The van der Waals surface area contributed by atoms with Gasteiger partial charge in [-0.15, -0.1) is 0 Å². The molecule has 0 saturated carbocycles. The predicted octanol–water partition coefficient (Wildman–Crippen LogP) is 1.44. The molecule has 4 nitrogen and oxygen atoms in total. The Morgan fingerprint density at radius 3 is 2.88 bits per heavy atom. The van der Waals surface area contributed by atoms with Crippen molar-refractivity contribution in [2.45, 2.75) is 13.0 Å². The Bertz CT molecular complexity index is 476. The monoisotopic (exact) mass is 225 g/mol. The van der Waals surface area contributed by atoms with Crippen LogP contribution in [0.5, 0.6) is 0 Å². The van der Waals surface area contributed by atoms with Crippen molar-refractivity contribution in [2.75, 3.05) is 0 Å². The number of amides is 1. The summed E-state index contributed by atoms with van der Waals surface area (Å²) in [7, 11) is 0. The number of carbonyl (C=O) groups excluding carboxylic acids is 1. The van der Waals surface area contributed by atoms with Gasteiger partial charge in [-0.25, -0.2) is 4.98 Å². The number of nitrogens with zero attached hydrogens (tertiary/aromatic N) is 1. The summed E-state index contributed by atoms with van der Waals surface area (Å²) in [6.07, 6.45) is -3.00. The van der Waals surface area contributed by atoms with Crippen LogP contribution in [0.25, 0.3) is 11.0 Å². The Balaban J connectivity index is 2.07. The highest BCUT2D eigenvalue weighted by molar-refractivity contribution is 5.79. The standard InChI is InChI=1S/C10H9F2N3O/c11-9(12)10(16)13-5-8-14-6-3-1-2-4-7(6)15-8/h1-4,9H,5H2,(H,13,16)(H,14,15). The number of benzene rings is 1. The van der Waals surface area contributed by atoms with Gasteiger partial charge in [0.1, 0.15) is 5.82 Å². The molecule has 2 aromatic rings. The van der Waals surface area contributed by atoms with E-state index in [4.69, 9.17) is 0 Å². The van der Waals surface area contributed by atoms with Gasteiger partial charge in [-0.05, 0) is 12.1 Å². The van der Waals surface area contributed by atoms with Crippen molar-refractivity contribution in [1.29, 1.82) is 0 Å². The van der Waals surface area contributed by atoms with Crippen molar-refractivity contribution in [1.82, 2.24) is 15.3 Å². The van der Waals surface area contributed by atoms with Crippen molar-refractivity contribution >= 4 is 16.9 Å². The summed E-state index contributed by atoms with van der Waals surface area (Å²) in [5.41, 5.74) is 1.55. The fourth-order valence-corrected chi connectivity index (χ4v) is 1.34. The number of aromatic nitrogens is 2. The Morgan fingerprint density at radius 1 is 1.44 bits per heavy atom. The molecule has 0 aliphatic heterocycles. The van der Waals surface area contributed by atoms with Gasteiger partial charge in [0.2, 0.25) is 0 Å². The summed E-state index contributed by atoms with van der Waals surface area (Å²) in [5.74, 6) is -0.837. The Kier molecular flexibility index (Phi) is 2.80. The topological polar surface area (TPSA) is 57.8 Å². The normalized spacial score (nSPS) is 10.9. The van der Waals surface area contributed by atoms with Crippen LogP contribution in [0.3, 0.4) is 0 Å². The molecule has 1 aromatic carbocycles. The van der Waals surface area contributed by atoms with Gasteiger partial charge in [0.25, 0.3) is 5.91 Å². The first-order valence-electron chi connectivity index (χ1n) is 4.66. The largest absolute Gasteiger partial charge is 0.344 e. The van der Waals surface area contributed by atoms with Gasteiger partial charge in [0.05, 0.1) is 17.6 Å². The Morgan fingerprint density at radius 2 is 2.19 bits per heavy atom. The second-order valence-electron chi connectivity index (χ2n) is 3.22. The molecule has 0 bridgehead atoms. The summed E-state index contributed by atoms with van der Waals surface area (Å²) in [6, 6.07) is 7.28. The van der Waals surface area contributed by atoms with E-state index in [1.54, 1.807) is 6.07 Å². The number of imidazole rings is 1. The molecule has 0 unspecified atom stereocenters. The zero-order valence-corrected chi connectivity index (χ0v) is 8.21. The Labute approximate surface area is 89.7 Å². The average molecular weight is 225 g/mol. The van der Waals surface area contributed by atoms with Crippen LogP contribution in [0.1, 0.15) is 5.82 Å². The van der Waals surface area contributed by atoms with Crippen LogP contribution in [0, 0.1) is 0 Å². The van der Waals surface area contributed by atoms with E-state index in [1.807, 2.05) is 18.2 Å². The van der Waals surface area contributed by atoms with Gasteiger partial charge in [0.15, 0.2) is 0 Å². The second-order valence-corrected chi connectivity index (χ2v) is 3.22. The van der Waals surface area contributed by atoms with Crippen molar-refractivity contribution in [3.63, 3.8) is 0 Å². The Hall–Kier alpha value is -1.98. The number of halogens is 2. The van der Waals surface area contributed by atoms with Crippen LogP contribution >= 0.6 is 0 Å². The number of para-hydroxylation sites is 2. The zero-order chi connectivity index (χ0) is 11.5. The average Bonchev–Trinajstić information content (AvgIpc) is 2.68. The quantitative estimate of drug-likeness (QED) is 0.830. The lowest BCUT2D eigenvalue weighted by molar-refractivity contribution is -0.131. The molecule has 2 rings (SSSR count). The fourth-order valence-electron chi connectivity index (χ4n) is 1.34. The summed E-state index contributed by atoms with van der Waals surface area (Å²) in [5, 5.41) is 2.08. The molecule has 0 spiro atoms. The lowest BCUT2D eigenvalue weighted by Gasteiger charge is -2.00. The smallest absolute Gasteiger partial charge is 0.315 e. The molecule has 16 heavy (non-hydrogen) atoms. The van der Waals surface area contributed by atoms with E-state index in [0.29, 0.717) is 5.82 Å². The third kappa shape index (κ3) is 2.16. The van der Waals surface area contributed by atoms with E-state index in [2.05, 4.69) is 15.3 Å². The van der Waals surface area contributed by atoms with E-state index in [9.17, 15) is 13.6 Å². The SMILES string of the molecule is O=C(NCc1nc2ccccc2[nH]1)C(F)F. The lowest BCUT2D eigenvalue weighted by atomic mass is 10.3. The molecule has 0 atom stereocenters. The van der Waals surface area contributed by atoms with Gasteiger partial charge in [-0.1, -0.05) is 12.1 Å². The highest BCUT2D eigenvalue weighted by atomic mass is 19.3. The minimum atomic E-state index is -3.00. The third-order valence-electron chi connectivity index (χ3n) is 2.07. The van der Waals surface area contributed by atoms with Crippen molar-refractivity contribution < 1.29 is 13.6 Å². The van der Waals surface area contributed by atoms with Crippen molar-refractivity contribution in [2.24, 2.45) is 0 Å². The number of aromatic amines is 1. The second kappa shape index (κ2) is 4.26. The van der Waals surface area contributed by atoms with E-state index in [0.717, 1.165) is 11.0 Å². The number of nitrogens with one attached hydrogen (secondary N) is 2. The maximum absolute atomic E-state index is 11.9. The number of carbonyl (C=O) groups is 1. The molecule has 0 aliphatic carbocycles. The molecule has 84 valence electrons. The molecule has 1 heterocycles. The molecule has 1 aromatic heterocycles. The molecular weight excluding hydrogens is 216 g/mol. The molecular formula is C10H9F2N3O. The third-order valence-corrected chi connectivity index (χ3v) is 2.07. The summed E-state index contributed by atoms with van der Waals surface area (Å²) in [6.45, 7) is -0.0299. The minimum Gasteiger partial charge on any atom is -0.344 e. The van der Waals surface area contributed by atoms with Gasteiger partial charge in [-0.2, -0.15) is 8.78 Å². The predicted molar refractivity (Wildman–Crippen MR) is 53.9 cm³/mol. The molecule has 1 amide bonds. The first kappa shape index (κ1) is 10.5. The van der Waals surface area contributed by atoms with E-state index in [-0.39, 0.29) is 6.54 Å². The van der Waals surface area contributed by atoms with E-state index in [1.165, 1.54) is 0 Å². The van der Waals surface area contributed by atoms with Crippen LogP contribution in [0.4, 0.5) is 8.78 Å². The maximum Gasteiger partial charge on any atom is 0.315 e. The van der Waals surface area contributed by atoms with Crippen molar-refractivity contribution in [3.05, 3.63) is 30.1 Å². The summed E-state index contributed by atoms with van der Waals surface area (Å²) in [4.78, 5) is 17.7. The lowest BCUT2D eigenvalue weighted by Crippen LogP contribution is -2.29. The van der Waals surface area contributed by atoms with Crippen LogP contribution in [-0.2, 0) is 11.3 Å². The molecule has 2 N–H and O–H groups in total. The van der Waals surface area contributed by atoms with Gasteiger partial charge >= 0.3 is 6.43 Å². The molecule has 0 radical (unpaired) electrons. The number of hydrogen-bond acceptors (Lipinski definition) is 2. The van der Waals surface area contributed by atoms with Gasteiger partial charge < -0.3 is 10.3 Å². The molecule has 6 heteroatoms. The highest BCUT2D eigenvalue weighted by Crippen LogP contribution is 2.09. The van der Waals surface area contributed by atoms with Crippen molar-refractivity contribution in [3.8, 4) is 0 Å². The fraction of sp³-hybridized carbons (Fsp3) is 0.200. The molecule has 0 fully saturated rings. The van der Waals surface area contributed by atoms with E-state index < -0.39 is 12.3 Å². The first-order chi connectivity index (χ1) is 7.66. The first-order valence-corrected chi connectivity index (χ1v) is 4.66. The number of rotatable bonds is 3. The van der Waals surface area contributed by atoms with Gasteiger partial charge in [-0.3, -0.25) is 4.79 Å². The number of fused-ring (bicyclic) bond motifs is 1. The highest BCUT2D eigenvalue weighted by Gasteiger charge is 2.14. The number of hydrogen-bond donors (Lipinski definition) is 2. The number of alkyl halides is 2. The van der Waals surface area contributed by atoms with Crippen LogP contribution in [0.2, 0.25) is 0 Å². The number of H-pyrrole nitrogens is 1. The van der Waals surface area contributed by atoms with Crippen LogP contribution in [-0.4, -0.2) is 22.3 Å². The van der Waals surface area contributed by atoms with E-state index >= 15 is 0 Å². The minimum absolute atomic E-state index is 0.0299. The van der Waals surface area contributed by atoms with Crippen LogP contribution in [0.15, 0.2) is 24.3 Å². The van der Waals surface area contributed by atoms with Gasteiger partial charge in [0, 0.05) is 0 Å². The summed E-state index contributed by atoms with van der Waals surface area (Å²) >= 11 is 0. The maximum atomic E-state index is 11.9. The summed E-state index contributed by atoms with van der Waals surface area (Å²) < 4.78 is 23.8. The van der Waals surface area contributed by atoms with Crippen LogP contribution < -0.4 is 5.32 Å². The molecule has 0 aliphatic rings. The molecule has 0 saturated heterocycles.